The number of ether oxygens (including phenoxy) is 1. The lowest BCUT2D eigenvalue weighted by Gasteiger charge is -2.34. The standard InChI is InChI=1S/C14H19NO/c1-10(2)11(3)15-8-5-6-13-7-9-16-12(4)14(13)15/h5-6,8,10H,3,7,9H2,1-2,4H3. The van der Waals surface area contributed by atoms with Crippen molar-refractivity contribution in [3.05, 3.63) is 47.7 Å². The summed E-state index contributed by atoms with van der Waals surface area (Å²) < 4.78 is 5.63. The molecule has 0 radical (unpaired) electrons. The Hall–Kier alpha value is -1.44. The number of hydrogen-bond acceptors (Lipinski definition) is 2. The molecule has 0 spiro atoms. The lowest BCUT2D eigenvalue weighted by atomic mass is 10.00. The van der Waals surface area contributed by atoms with E-state index in [0.717, 1.165) is 24.5 Å². The van der Waals surface area contributed by atoms with Gasteiger partial charge in [-0.2, -0.15) is 0 Å². The van der Waals surface area contributed by atoms with Gasteiger partial charge in [0.05, 0.1) is 12.3 Å². The van der Waals surface area contributed by atoms with Crippen molar-refractivity contribution in [2.24, 2.45) is 5.92 Å². The second kappa shape index (κ2) is 4.20. The molecule has 0 aromatic heterocycles. The van der Waals surface area contributed by atoms with Gasteiger partial charge < -0.3 is 9.64 Å². The predicted molar refractivity (Wildman–Crippen MR) is 66.3 cm³/mol. The van der Waals surface area contributed by atoms with Crippen LogP contribution in [0.1, 0.15) is 27.2 Å². The van der Waals surface area contributed by atoms with E-state index in [-0.39, 0.29) is 0 Å². The lowest BCUT2D eigenvalue weighted by molar-refractivity contribution is 0.192. The highest BCUT2D eigenvalue weighted by molar-refractivity contribution is 5.43. The van der Waals surface area contributed by atoms with E-state index in [1.54, 1.807) is 0 Å². The molecular formula is C14H19NO. The molecule has 2 nitrogen and oxygen atoms in total. The summed E-state index contributed by atoms with van der Waals surface area (Å²) in [4.78, 5) is 2.16. The fourth-order valence-corrected chi connectivity index (χ4v) is 2.05. The van der Waals surface area contributed by atoms with Crippen LogP contribution in [0.15, 0.2) is 47.7 Å². The Morgan fingerprint density at radius 1 is 1.50 bits per heavy atom. The maximum atomic E-state index is 5.63. The fraction of sp³-hybridized carbons (Fsp3) is 0.429. The van der Waals surface area contributed by atoms with Crippen molar-refractivity contribution >= 4 is 0 Å². The van der Waals surface area contributed by atoms with Gasteiger partial charge in [-0.05, 0) is 24.5 Å². The summed E-state index contributed by atoms with van der Waals surface area (Å²) in [5.41, 5.74) is 3.65. The van der Waals surface area contributed by atoms with Gasteiger partial charge in [-0.1, -0.05) is 26.5 Å². The minimum Gasteiger partial charge on any atom is -0.496 e. The van der Waals surface area contributed by atoms with Crippen molar-refractivity contribution in [1.29, 1.82) is 0 Å². The van der Waals surface area contributed by atoms with E-state index < -0.39 is 0 Å². The summed E-state index contributed by atoms with van der Waals surface area (Å²) >= 11 is 0. The maximum absolute atomic E-state index is 5.63. The van der Waals surface area contributed by atoms with Crippen molar-refractivity contribution in [2.75, 3.05) is 6.61 Å². The van der Waals surface area contributed by atoms with Gasteiger partial charge in [0.25, 0.3) is 0 Å². The third-order valence-electron chi connectivity index (χ3n) is 3.08. The third kappa shape index (κ3) is 1.80. The highest BCUT2D eigenvalue weighted by Gasteiger charge is 2.24. The number of hydrogen-bond donors (Lipinski definition) is 0. The lowest BCUT2D eigenvalue weighted by Crippen LogP contribution is -2.26. The Morgan fingerprint density at radius 2 is 2.25 bits per heavy atom. The monoisotopic (exact) mass is 217 g/mol. The fourth-order valence-electron chi connectivity index (χ4n) is 2.05. The van der Waals surface area contributed by atoms with Crippen LogP contribution in [-0.4, -0.2) is 11.5 Å². The first-order valence-corrected chi connectivity index (χ1v) is 5.80. The van der Waals surface area contributed by atoms with E-state index in [1.165, 1.54) is 11.3 Å². The minimum atomic E-state index is 0.436. The number of rotatable bonds is 2. The largest absolute Gasteiger partial charge is 0.496 e. The molecule has 0 N–H and O–H groups in total. The van der Waals surface area contributed by atoms with Gasteiger partial charge in [-0.3, -0.25) is 0 Å². The first kappa shape index (κ1) is 11.1. The molecule has 16 heavy (non-hydrogen) atoms. The summed E-state index contributed by atoms with van der Waals surface area (Å²) in [6, 6.07) is 0. The average molecular weight is 217 g/mol. The minimum absolute atomic E-state index is 0.436. The van der Waals surface area contributed by atoms with E-state index in [1.807, 2.05) is 6.92 Å². The van der Waals surface area contributed by atoms with Gasteiger partial charge in [-0.15, -0.1) is 0 Å². The molecule has 2 heterocycles. The predicted octanol–water partition coefficient (Wildman–Crippen LogP) is 3.56. The van der Waals surface area contributed by atoms with Gasteiger partial charge >= 0.3 is 0 Å². The van der Waals surface area contributed by atoms with Gasteiger partial charge in [-0.25, -0.2) is 0 Å². The van der Waals surface area contributed by atoms with E-state index in [2.05, 4.69) is 43.7 Å². The summed E-state index contributed by atoms with van der Waals surface area (Å²) in [5.74, 6) is 1.44. The molecule has 0 saturated heterocycles. The molecule has 86 valence electrons. The maximum Gasteiger partial charge on any atom is 0.117 e. The normalized spacial score (nSPS) is 19.5. The molecule has 2 aliphatic heterocycles. The van der Waals surface area contributed by atoms with E-state index in [0.29, 0.717) is 5.92 Å². The second-order valence-electron chi connectivity index (χ2n) is 4.55. The molecule has 0 saturated carbocycles. The molecular weight excluding hydrogens is 198 g/mol. The van der Waals surface area contributed by atoms with Crippen LogP contribution >= 0.6 is 0 Å². The smallest absolute Gasteiger partial charge is 0.117 e. The quantitative estimate of drug-likeness (QED) is 0.701. The van der Waals surface area contributed by atoms with Crippen LogP contribution in [0.4, 0.5) is 0 Å². The van der Waals surface area contributed by atoms with Crippen LogP contribution < -0.4 is 0 Å². The van der Waals surface area contributed by atoms with Crippen molar-refractivity contribution in [1.82, 2.24) is 4.90 Å². The second-order valence-corrected chi connectivity index (χ2v) is 4.55. The van der Waals surface area contributed by atoms with Gasteiger partial charge in [0, 0.05) is 18.3 Å². The molecule has 0 amide bonds. The summed E-state index contributed by atoms with van der Waals surface area (Å²) in [6.45, 7) is 11.3. The zero-order chi connectivity index (χ0) is 11.7. The molecule has 0 fully saturated rings. The number of allylic oxidation sites excluding steroid dienone is 5. The zero-order valence-corrected chi connectivity index (χ0v) is 10.3. The Kier molecular flexibility index (Phi) is 2.90. The first-order chi connectivity index (χ1) is 7.61. The number of nitrogens with zero attached hydrogens (tertiary/aromatic N) is 1. The van der Waals surface area contributed by atoms with Crippen LogP contribution in [0.3, 0.4) is 0 Å². The van der Waals surface area contributed by atoms with Crippen molar-refractivity contribution in [3.8, 4) is 0 Å². The first-order valence-electron chi connectivity index (χ1n) is 5.80. The molecule has 0 aromatic rings. The van der Waals surface area contributed by atoms with Crippen LogP contribution in [-0.2, 0) is 4.74 Å². The molecule has 2 heteroatoms. The molecule has 0 aromatic carbocycles. The topological polar surface area (TPSA) is 12.5 Å². The Labute approximate surface area is 97.6 Å². The molecule has 0 aliphatic carbocycles. The summed E-state index contributed by atoms with van der Waals surface area (Å²) in [6.07, 6.45) is 7.31. The third-order valence-corrected chi connectivity index (χ3v) is 3.08. The molecule has 0 unspecified atom stereocenters. The SMILES string of the molecule is C=C(C(C)C)N1C=CC=C2CCOC(C)=C21. The molecule has 2 aliphatic rings. The van der Waals surface area contributed by atoms with Crippen LogP contribution in [0.2, 0.25) is 0 Å². The summed E-state index contributed by atoms with van der Waals surface area (Å²) in [5, 5.41) is 0. The molecule has 0 bridgehead atoms. The Bertz CT molecular complexity index is 399. The highest BCUT2D eigenvalue weighted by atomic mass is 16.5. The van der Waals surface area contributed by atoms with Crippen LogP contribution in [0.25, 0.3) is 0 Å². The van der Waals surface area contributed by atoms with Crippen LogP contribution in [0.5, 0.6) is 0 Å². The van der Waals surface area contributed by atoms with E-state index in [9.17, 15) is 0 Å². The highest BCUT2D eigenvalue weighted by Crippen LogP contribution is 2.34. The van der Waals surface area contributed by atoms with E-state index in [4.69, 9.17) is 4.74 Å². The molecule has 2 rings (SSSR count). The van der Waals surface area contributed by atoms with Gasteiger partial charge in [0.2, 0.25) is 0 Å². The molecule has 0 atom stereocenters. The average Bonchev–Trinajstić information content (AvgIpc) is 2.27. The zero-order valence-electron chi connectivity index (χ0n) is 10.3. The number of fused-ring (bicyclic) bond motifs is 1. The van der Waals surface area contributed by atoms with Crippen molar-refractivity contribution in [2.45, 2.75) is 27.2 Å². The van der Waals surface area contributed by atoms with Crippen molar-refractivity contribution < 1.29 is 4.74 Å². The van der Waals surface area contributed by atoms with Crippen molar-refractivity contribution in [3.63, 3.8) is 0 Å². The summed E-state index contributed by atoms with van der Waals surface area (Å²) in [7, 11) is 0. The Balaban J connectivity index is 2.38. The van der Waals surface area contributed by atoms with Crippen LogP contribution in [0, 0.1) is 5.92 Å². The van der Waals surface area contributed by atoms with E-state index >= 15 is 0 Å². The van der Waals surface area contributed by atoms with Gasteiger partial charge in [0.1, 0.15) is 5.76 Å². The Morgan fingerprint density at radius 3 is 2.94 bits per heavy atom. The van der Waals surface area contributed by atoms with Gasteiger partial charge in [0.15, 0.2) is 0 Å².